The second-order valence-electron chi connectivity index (χ2n) is 3.34. The molecule has 0 saturated carbocycles. The summed E-state index contributed by atoms with van der Waals surface area (Å²) in [4.78, 5) is 12.7. The van der Waals surface area contributed by atoms with Gasteiger partial charge in [-0.15, -0.1) is 0 Å². The number of rotatable bonds is 2. The Labute approximate surface area is 107 Å². The van der Waals surface area contributed by atoms with E-state index in [9.17, 15) is 0 Å². The van der Waals surface area contributed by atoms with Gasteiger partial charge < -0.3 is 4.57 Å². The first-order chi connectivity index (χ1) is 7.63. The van der Waals surface area contributed by atoms with E-state index >= 15 is 0 Å². The molecule has 0 aliphatic carbocycles. The fourth-order valence-corrected chi connectivity index (χ4v) is 2.03. The molecule has 0 fully saturated rings. The average Bonchev–Trinajstić information content (AvgIpc) is 2.68. The fraction of sp³-hybridized carbons (Fsp3) is 0.300. The minimum atomic E-state index is 0.433. The number of nitrogens with zero attached hydrogens (tertiary/aromatic N) is 4. The van der Waals surface area contributed by atoms with Crippen LogP contribution in [-0.4, -0.2) is 19.5 Å². The number of halogens is 2. The minimum Gasteiger partial charge on any atom is -0.331 e. The molecule has 6 heteroatoms. The molecule has 16 heavy (non-hydrogen) atoms. The van der Waals surface area contributed by atoms with E-state index in [0.29, 0.717) is 11.0 Å². The molecule has 2 aromatic heterocycles. The van der Waals surface area contributed by atoms with Crippen LogP contribution in [0.1, 0.15) is 12.6 Å². The third kappa shape index (κ3) is 1.97. The molecule has 84 valence electrons. The second kappa shape index (κ2) is 4.51. The third-order valence-corrected chi connectivity index (χ3v) is 3.60. The lowest BCUT2D eigenvalue weighted by Gasteiger charge is -2.06. The van der Waals surface area contributed by atoms with Crippen molar-refractivity contribution < 1.29 is 0 Å². The van der Waals surface area contributed by atoms with Crippen molar-refractivity contribution in [2.24, 2.45) is 7.05 Å². The summed E-state index contributed by atoms with van der Waals surface area (Å²) in [5.41, 5.74) is 1.75. The van der Waals surface area contributed by atoms with E-state index in [1.54, 1.807) is 12.5 Å². The van der Waals surface area contributed by atoms with Crippen LogP contribution in [0.25, 0.3) is 11.5 Å². The lowest BCUT2D eigenvalue weighted by molar-refractivity contribution is 0.898. The Kier molecular flexibility index (Phi) is 3.25. The lowest BCUT2D eigenvalue weighted by Crippen LogP contribution is -2.00. The molecule has 2 aromatic rings. The van der Waals surface area contributed by atoms with E-state index < -0.39 is 0 Å². The molecule has 0 aliphatic rings. The number of aromatic nitrogens is 4. The van der Waals surface area contributed by atoms with E-state index in [2.05, 4.69) is 30.9 Å². The summed E-state index contributed by atoms with van der Waals surface area (Å²) in [6.07, 6.45) is 4.23. The predicted molar refractivity (Wildman–Crippen MR) is 66.3 cm³/mol. The summed E-state index contributed by atoms with van der Waals surface area (Å²) in [6, 6.07) is 0. The third-order valence-electron chi connectivity index (χ3n) is 2.26. The number of hydrogen-bond acceptors (Lipinski definition) is 3. The van der Waals surface area contributed by atoms with Crippen LogP contribution in [0.4, 0.5) is 0 Å². The summed E-state index contributed by atoms with van der Waals surface area (Å²) in [5, 5.41) is 0.433. The van der Waals surface area contributed by atoms with Crippen LogP contribution in [0.3, 0.4) is 0 Å². The van der Waals surface area contributed by atoms with Crippen molar-refractivity contribution in [3.63, 3.8) is 0 Å². The van der Waals surface area contributed by atoms with Gasteiger partial charge in [0.25, 0.3) is 0 Å². The zero-order chi connectivity index (χ0) is 11.7. The van der Waals surface area contributed by atoms with Crippen molar-refractivity contribution in [3.05, 3.63) is 27.8 Å². The predicted octanol–water partition coefficient (Wildman–Crippen LogP) is 2.86. The minimum absolute atomic E-state index is 0.433. The molecule has 0 amide bonds. The van der Waals surface area contributed by atoms with E-state index in [-0.39, 0.29) is 0 Å². The summed E-state index contributed by atoms with van der Waals surface area (Å²) in [5.74, 6) is 0.602. The molecule has 4 nitrogen and oxygen atoms in total. The topological polar surface area (TPSA) is 43.6 Å². The van der Waals surface area contributed by atoms with Gasteiger partial charge in [0.2, 0.25) is 0 Å². The van der Waals surface area contributed by atoms with Crippen LogP contribution in [0.15, 0.2) is 17.0 Å². The van der Waals surface area contributed by atoms with E-state index in [0.717, 1.165) is 22.3 Å². The normalized spacial score (nSPS) is 10.8. The SMILES string of the molecule is CCc1nc(-c2cncn2C)nc(Cl)c1Br. The molecule has 0 unspecified atom stereocenters. The van der Waals surface area contributed by atoms with Gasteiger partial charge in [-0.1, -0.05) is 18.5 Å². The van der Waals surface area contributed by atoms with Gasteiger partial charge in [0.1, 0.15) is 10.8 Å². The Morgan fingerprint density at radius 3 is 2.75 bits per heavy atom. The van der Waals surface area contributed by atoms with Gasteiger partial charge in [-0.3, -0.25) is 0 Å². The lowest BCUT2D eigenvalue weighted by atomic mass is 10.3. The highest BCUT2D eigenvalue weighted by Crippen LogP contribution is 2.26. The van der Waals surface area contributed by atoms with Crippen molar-refractivity contribution in [1.29, 1.82) is 0 Å². The quantitative estimate of drug-likeness (QED) is 0.801. The number of hydrogen-bond donors (Lipinski definition) is 0. The second-order valence-corrected chi connectivity index (χ2v) is 4.49. The van der Waals surface area contributed by atoms with Crippen LogP contribution in [0.2, 0.25) is 5.15 Å². The van der Waals surface area contributed by atoms with Crippen molar-refractivity contribution in [1.82, 2.24) is 19.5 Å². The van der Waals surface area contributed by atoms with E-state index in [1.807, 2.05) is 18.5 Å². The molecule has 0 N–H and O–H groups in total. The molecule has 0 aromatic carbocycles. The highest BCUT2D eigenvalue weighted by atomic mass is 79.9. The average molecular weight is 302 g/mol. The molecule has 0 aliphatic heterocycles. The van der Waals surface area contributed by atoms with Gasteiger partial charge in [0.15, 0.2) is 5.82 Å². The van der Waals surface area contributed by atoms with Crippen LogP contribution in [0, 0.1) is 0 Å². The molecule has 0 radical (unpaired) electrons. The Morgan fingerprint density at radius 1 is 1.44 bits per heavy atom. The summed E-state index contributed by atoms with van der Waals surface area (Å²) >= 11 is 9.42. The molecule has 0 bridgehead atoms. The van der Waals surface area contributed by atoms with Crippen molar-refractivity contribution in [2.45, 2.75) is 13.3 Å². The molecule has 0 saturated heterocycles. The molecular formula is C10H10BrClN4. The van der Waals surface area contributed by atoms with Crippen molar-refractivity contribution >= 4 is 27.5 Å². The first-order valence-electron chi connectivity index (χ1n) is 4.82. The van der Waals surface area contributed by atoms with Gasteiger partial charge in [0.05, 0.1) is 22.7 Å². The Hall–Kier alpha value is -0.940. The first-order valence-corrected chi connectivity index (χ1v) is 5.99. The molecule has 0 atom stereocenters. The van der Waals surface area contributed by atoms with Crippen LogP contribution in [0.5, 0.6) is 0 Å². The zero-order valence-electron chi connectivity index (χ0n) is 8.91. The molecule has 2 heterocycles. The summed E-state index contributed by atoms with van der Waals surface area (Å²) in [7, 11) is 1.90. The van der Waals surface area contributed by atoms with Gasteiger partial charge in [-0.2, -0.15) is 0 Å². The zero-order valence-corrected chi connectivity index (χ0v) is 11.2. The largest absolute Gasteiger partial charge is 0.331 e. The van der Waals surface area contributed by atoms with Crippen molar-refractivity contribution in [2.75, 3.05) is 0 Å². The van der Waals surface area contributed by atoms with Crippen LogP contribution in [-0.2, 0) is 13.5 Å². The van der Waals surface area contributed by atoms with Gasteiger partial charge >= 0.3 is 0 Å². The smallest absolute Gasteiger partial charge is 0.179 e. The van der Waals surface area contributed by atoms with E-state index in [4.69, 9.17) is 11.6 Å². The maximum atomic E-state index is 6.04. The van der Waals surface area contributed by atoms with Gasteiger partial charge in [-0.05, 0) is 22.4 Å². The highest BCUT2D eigenvalue weighted by Gasteiger charge is 2.12. The summed E-state index contributed by atoms with van der Waals surface area (Å²) < 4.78 is 2.63. The number of aryl methyl sites for hydroxylation is 2. The maximum Gasteiger partial charge on any atom is 0.179 e. The maximum absolute atomic E-state index is 6.04. The summed E-state index contributed by atoms with van der Waals surface area (Å²) in [6.45, 7) is 2.02. The Bertz CT molecular complexity index is 524. The highest BCUT2D eigenvalue weighted by molar-refractivity contribution is 9.10. The van der Waals surface area contributed by atoms with Gasteiger partial charge in [0, 0.05) is 7.05 Å². The number of imidazole rings is 1. The fourth-order valence-electron chi connectivity index (χ4n) is 1.38. The monoisotopic (exact) mass is 300 g/mol. The van der Waals surface area contributed by atoms with E-state index in [1.165, 1.54) is 0 Å². The Balaban J connectivity index is 2.59. The molecule has 0 spiro atoms. The first kappa shape index (κ1) is 11.5. The molecular weight excluding hydrogens is 291 g/mol. The Morgan fingerprint density at radius 2 is 2.19 bits per heavy atom. The standard InChI is InChI=1S/C10H10BrClN4/c1-3-6-8(11)9(12)15-10(14-6)7-4-13-5-16(7)2/h4-5H,3H2,1-2H3. The van der Waals surface area contributed by atoms with Crippen LogP contribution >= 0.6 is 27.5 Å². The van der Waals surface area contributed by atoms with Gasteiger partial charge in [-0.25, -0.2) is 15.0 Å². The van der Waals surface area contributed by atoms with Crippen molar-refractivity contribution in [3.8, 4) is 11.5 Å². The van der Waals surface area contributed by atoms with Crippen LogP contribution < -0.4 is 0 Å². The molecule has 2 rings (SSSR count).